The van der Waals surface area contributed by atoms with E-state index in [-0.39, 0.29) is 17.8 Å². The molecule has 2 aromatic carbocycles. The number of likely N-dealkylation sites (tertiary alicyclic amines) is 1. The highest BCUT2D eigenvalue weighted by molar-refractivity contribution is 5.97. The second kappa shape index (κ2) is 7.65. The van der Waals surface area contributed by atoms with Crippen LogP contribution in [0.25, 0.3) is 0 Å². The fourth-order valence-corrected chi connectivity index (χ4v) is 5.14. The molecule has 0 radical (unpaired) electrons. The largest absolute Gasteiger partial charge is 0.449 e. The minimum Gasteiger partial charge on any atom is -0.449 e. The van der Waals surface area contributed by atoms with Gasteiger partial charge in [0.05, 0.1) is 12.1 Å². The van der Waals surface area contributed by atoms with Crippen molar-refractivity contribution in [2.45, 2.75) is 25.9 Å². The van der Waals surface area contributed by atoms with Gasteiger partial charge in [0.15, 0.2) is 5.60 Å². The van der Waals surface area contributed by atoms with E-state index in [0.717, 1.165) is 29.9 Å². The lowest BCUT2D eigenvalue weighted by molar-refractivity contribution is -0.129. The van der Waals surface area contributed by atoms with E-state index in [0.29, 0.717) is 43.7 Å². The van der Waals surface area contributed by atoms with E-state index < -0.39 is 5.60 Å². The summed E-state index contributed by atoms with van der Waals surface area (Å²) < 4.78 is 5.78. The van der Waals surface area contributed by atoms with Crippen molar-refractivity contribution < 1.29 is 19.1 Å². The first-order chi connectivity index (χ1) is 15.4. The number of amides is 2. The molecule has 32 heavy (non-hydrogen) atoms. The number of carbonyl (C=O) groups is 3. The molecule has 0 unspecified atom stereocenters. The zero-order chi connectivity index (χ0) is 22.5. The van der Waals surface area contributed by atoms with Gasteiger partial charge in [0, 0.05) is 62.9 Å². The van der Waals surface area contributed by atoms with Crippen molar-refractivity contribution in [3.05, 3.63) is 64.7 Å². The number of hydrogen-bond acceptors (Lipinski definition) is 5. The molecule has 5 rings (SSSR count). The van der Waals surface area contributed by atoms with Crippen LogP contribution in [0.15, 0.2) is 42.5 Å². The number of benzene rings is 2. The van der Waals surface area contributed by atoms with Gasteiger partial charge in [-0.25, -0.2) is 4.79 Å². The average Bonchev–Trinajstić information content (AvgIpc) is 3.35. The molecule has 7 nitrogen and oxygen atoms in total. The van der Waals surface area contributed by atoms with Gasteiger partial charge in [0.1, 0.15) is 0 Å². The normalized spacial score (nSPS) is 22.3. The number of fused-ring (bicyclic) bond motifs is 2. The van der Waals surface area contributed by atoms with Gasteiger partial charge in [-0.1, -0.05) is 18.2 Å². The minimum absolute atomic E-state index is 0.0345. The first-order valence-electron chi connectivity index (χ1n) is 11.1. The van der Waals surface area contributed by atoms with Crippen LogP contribution in [0.5, 0.6) is 0 Å². The van der Waals surface area contributed by atoms with Crippen molar-refractivity contribution in [1.82, 2.24) is 9.80 Å². The van der Waals surface area contributed by atoms with Gasteiger partial charge in [-0.15, -0.1) is 0 Å². The third-order valence-electron chi connectivity index (χ3n) is 6.98. The van der Waals surface area contributed by atoms with Gasteiger partial charge in [-0.3, -0.25) is 9.59 Å². The molecule has 3 aliphatic rings. The van der Waals surface area contributed by atoms with Crippen molar-refractivity contribution in [3.8, 4) is 0 Å². The van der Waals surface area contributed by atoms with Gasteiger partial charge in [0.2, 0.25) is 5.91 Å². The summed E-state index contributed by atoms with van der Waals surface area (Å²) in [7, 11) is 0. The highest BCUT2D eigenvalue weighted by atomic mass is 16.6. The number of esters is 1. The number of carbonyl (C=O) groups excluding carboxylic acids is 3. The molecule has 2 aromatic rings. The summed E-state index contributed by atoms with van der Waals surface area (Å²) in [5, 5.41) is 0. The van der Waals surface area contributed by atoms with Crippen molar-refractivity contribution >= 4 is 23.5 Å². The topological polar surface area (TPSA) is 70.2 Å². The summed E-state index contributed by atoms with van der Waals surface area (Å²) in [5.41, 5.74) is 3.42. The number of ether oxygens (including phenoxy) is 1. The number of nitrogens with zero attached hydrogens (tertiary/aromatic N) is 3. The van der Waals surface area contributed by atoms with Crippen LogP contribution >= 0.6 is 0 Å². The number of aryl methyl sites for hydroxylation is 1. The highest BCUT2D eigenvalue weighted by Gasteiger charge is 2.51. The zero-order valence-electron chi connectivity index (χ0n) is 18.5. The SMILES string of the molecule is CC(=O)N1CCN(c2ccc(C(=O)N3CC[C@@]4(C3)OC(=O)c3ccccc34)c(C)c2)CC1. The van der Waals surface area contributed by atoms with Crippen molar-refractivity contribution in [2.75, 3.05) is 44.2 Å². The van der Waals surface area contributed by atoms with Crippen LogP contribution in [-0.4, -0.2) is 66.9 Å². The molecule has 0 N–H and O–H groups in total. The maximum atomic E-state index is 13.3. The first-order valence-corrected chi connectivity index (χ1v) is 11.1. The van der Waals surface area contributed by atoms with Crippen LogP contribution in [-0.2, 0) is 15.1 Å². The van der Waals surface area contributed by atoms with Crippen LogP contribution in [0.4, 0.5) is 5.69 Å². The third-order valence-corrected chi connectivity index (χ3v) is 6.98. The molecule has 0 aliphatic carbocycles. The smallest absolute Gasteiger partial charge is 0.339 e. The van der Waals surface area contributed by atoms with E-state index in [1.165, 1.54) is 0 Å². The van der Waals surface area contributed by atoms with Crippen LogP contribution in [0, 0.1) is 6.92 Å². The maximum Gasteiger partial charge on any atom is 0.339 e. The summed E-state index contributed by atoms with van der Waals surface area (Å²) in [4.78, 5) is 43.1. The quantitative estimate of drug-likeness (QED) is 0.681. The lowest BCUT2D eigenvalue weighted by Gasteiger charge is -2.36. The van der Waals surface area contributed by atoms with E-state index >= 15 is 0 Å². The predicted octanol–water partition coefficient (Wildman–Crippen LogP) is 2.58. The van der Waals surface area contributed by atoms with E-state index in [9.17, 15) is 14.4 Å². The van der Waals surface area contributed by atoms with E-state index in [1.54, 1.807) is 17.9 Å². The number of piperazine rings is 1. The Labute approximate surface area is 187 Å². The lowest BCUT2D eigenvalue weighted by atomic mass is 9.91. The summed E-state index contributed by atoms with van der Waals surface area (Å²) >= 11 is 0. The van der Waals surface area contributed by atoms with Crippen molar-refractivity contribution in [2.24, 2.45) is 0 Å². The summed E-state index contributed by atoms with van der Waals surface area (Å²) in [6, 6.07) is 13.4. The Balaban J connectivity index is 1.31. The summed E-state index contributed by atoms with van der Waals surface area (Å²) in [6.07, 6.45) is 0.610. The molecular weight excluding hydrogens is 406 g/mol. The van der Waals surface area contributed by atoms with Crippen molar-refractivity contribution in [1.29, 1.82) is 0 Å². The Morgan fingerprint density at radius 2 is 1.72 bits per heavy atom. The highest BCUT2D eigenvalue weighted by Crippen LogP contribution is 2.43. The summed E-state index contributed by atoms with van der Waals surface area (Å²) in [5.74, 6) is -0.228. The van der Waals surface area contributed by atoms with Gasteiger partial charge < -0.3 is 19.4 Å². The molecule has 3 heterocycles. The van der Waals surface area contributed by atoms with E-state index in [2.05, 4.69) is 4.90 Å². The standard InChI is InChI=1S/C25H27N3O4/c1-17-15-19(27-13-11-26(12-14-27)18(2)29)7-8-20(17)23(30)28-10-9-25(16-28)22-6-4-3-5-21(22)24(31)32-25/h3-8,15H,9-14,16H2,1-2H3/t25-/m0/s1. The molecular formula is C25H27N3O4. The van der Waals surface area contributed by atoms with Crippen LogP contribution in [0.3, 0.4) is 0 Å². The molecule has 1 atom stereocenters. The molecule has 2 amide bonds. The van der Waals surface area contributed by atoms with Gasteiger partial charge >= 0.3 is 5.97 Å². The Morgan fingerprint density at radius 1 is 0.969 bits per heavy atom. The van der Waals surface area contributed by atoms with Crippen LogP contribution in [0.2, 0.25) is 0 Å². The summed E-state index contributed by atoms with van der Waals surface area (Å²) in [6.45, 7) is 7.48. The Hall–Kier alpha value is -3.35. The van der Waals surface area contributed by atoms with Gasteiger partial charge in [-0.2, -0.15) is 0 Å². The minimum atomic E-state index is -0.729. The maximum absolute atomic E-state index is 13.3. The second-order valence-electron chi connectivity index (χ2n) is 8.90. The lowest BCUT2D eigenvalue weighted by Crippen LogP contribution is -2.48. The van der Waals surface area contributed by atoms with Crippen molar-refractivity contribution in [3.63, 3.8) is 0 Å². The number of anilines is 1. The van der Waals surface area contributed by atoms with E-state index in [4.69, 9.17) is 4.74 Å². The predicted molar refractivity (Wildman–Crippen MR) is 120 cm³/mol. The third kappa shape index (κ3) is 3.32. The molecule has 2 fully saturated rings. The average molecular weight is 434 g/mol. The fourth-order valence-electron chi connectivity index (χ4n) is 5.14. The van der Waals surface area contributed by atoms with Gasteiger partial charge in [-0.05, 0) is 36.8 Å². The monoisotopic (exact) mass is 433 g/mol. The number of rotatable bonds is 2. The number of hydrogen-bond donors (Lipinski definition) is 0. The Morgan fingerprint density at radius 3 is 2.44 bits per heavy atom. The Bertz CT molecular complexity index is 1110. The first kappa shape index (κ1) is 20.5. The molecule has 0 saturated carbocycles. The van der Waals surface area contributed by atoms with Crippen LogP contribution in [0.1, 0.15) is 45.2 Å². The van der Waals surface area contributed by atoms with Crippen LogP contribution < -0.4 is 4.90 Å². The molecule has 0 aromatic heterocycles. The molecule has 0 bridgehead atoms. The van der Waals surface area contributed by atoms with E-state index in [1.807, 2.05) is 48.2 Å². The fraction of sp³-hybridized carbons (Fsp3) is 0.400. The molecule has 166 valence electrons. The molecule has 3 aliphatic heterocycles. The molecule has 7 heteroatoms. The Kier molecular flexibility index (Phi) is 4.92. The second-order valence-corrected chi connectivity index (χ2v) is 8.90. The molecule has 2 saturated heterocycles. The van der Waals surface area contributed by atoms with Gasteiger partial charge in [0.25, 0.3) is 5.91 Å². The molecule has 1 spiro atoms. The zero-order valence-corrected chi connectivity index (χ0v) is 18.5.